The summed E-state index contributed by atoms with van der Waals surface area (Å²) in [6.07, 6.45) is 3.12. The van der Waals surface area contributed by atoms with Crippen molar-refractivity contribution in [1.82, 2.24) is 20.1 Å². The van der Waals surface area contributed by atoms with Crippen LogP contribution < -0.4 is 10.2 Å². The van der Waals surface area contributed by atoms with Crippen molar-refractivity contribution < 1.29 is 9.21 Å². The second-order valence-electron chi connectivity index (χ2n) is 6.90. The zero-order chi connectivity index (χ0) is 19.5. The highest BCUT2D eigenvalue weighted by Crippen LogP contribution is 2.20. The average Bonchev–Trinajstić information content (AvgIpc) is 3.22. The van der Waals surface area contributed by atoms with E-state index >= 15 is 0 Å². The van der Waals surface area contributed by atoms with E-state index in [-0.39, 0.29) is 5.91 Å². The van der Waals surface area contributed by atoms with Gasteiger partial charge in [0, 0.05) is 31.9 Å². The molecule has 4 rings (SSSR count). The molecule has 1 fully saturated rings. The van der Waals surface area contributed by atoms with Gasteiger partial charge in [-0.3, -0.25) is 4.79 Å². The van der Waals surface area contributed by atoms with Crippen molar-refractivity contribution in [2.24, 2.45) is 0 Å². The molecule has 1 aliphatic heterocycles. The van der Waals surface area contributed by atoms with Gasteiger partial charge in [-0.25, -0.2) is 0 Å². The number of aromatic nitrogens is 3. The van der Waals surface area contributed by atoms with Crippen LogP contribution in [0.25, 0.3) is 0 Å². The van der Waals surface area contributed by atoms with Gasteiger partial charge in [0.25, 0.3) is 5.91 Å². The molecule has 1 aliphatic rings. The summed E-state index contributed by atoms with van der Waals surface area (Å²) >= 11 is 0. The zero-order valence-electron chi connectivity index (χ0n) is 15.9. The number of carbonyl (C=O) groups is 1. The molecule has 144 valence electrons. The van der Waals surface area contributed by atoms with E-state index in [1.165, 1.54) is 17.4 Å². The molecule has 28 heavy (non-hydrogen) atoms. The smallest absolute Gasteiger partial charge is 0.289 e. The minimum Gasteiger partial charge on any atom is -0.459 e. The quantitative estimate of drug-likeness (QED) is 0.747. The number of nitrogens with zero attached hydrogens (tertiary/aromatic N) is 5. The largest absolute Gasteiger partial charge is 0.459 e. The van der Waals surface area contributed by atoms with Gasteiger partial charge in [-0.1, -0.05) is 6.07 Å². The predicted octanol–water partition coefficient (Wildman–Crippen LogP) is 2.79. The number of rotatable bonds is 4. The summed E-state index contributed by atoms with van der Waals surface area (Å²) in [5, 5.41) is 11.5. The first-order chi connectivity index (χ1) is 13.6. The molecule has 8 heteroatoms. The number of benzene rings is 1. The molecule has 2 aromatic heterocycles. The van der Waals surface area contributed by atoms with Crippen molar-refractivity contribution in [3.05, 3.63) is 59.7 Å². The van der Waals surface area contributed by atoms with Crippen LogP contribution in [0.2, 0.25) is 0 Å². The zero-order valence-corrected chi connectivity index (χ0v) is 15.9. The van der Waals surface area contributed by atoms with E-state index in [4.69, 9.17) is 4.42 Å². The number of furan rings is 1. The number of hydrogen-bond donors (Lipinski definition) is 1. The number of carbonyl (C=O) groups excluding carboxylic acids is 1. The Morgan fingerprint density at radius 3 is 2.54 bits per heavy atom. The summed E-state index contributed by atoms with van der Waals surface area (Å²) in [6, 6.07) is 9.65. The highest BCUT2D eigenvalue weighted by atomic mass is 16.3. The van der Waals surface area contributed by atoms with Crippen LogP contribution in [0.5, 0.6) is 0 Å². The fourth-order valence-electron chi connectivity index (χ4n) is 3.35. The van der Waals surface area contributed by atoms with Crippen LogP contribution in [0.4, 0.5) is 17.5 Å². The lowest BCUT2D eigenvalue weighted by Crippen LogP contribution is -2.49. The fraction of sp³-hybridized carbons (Fsp3) is 0.300. The van der Waals surface area contributed by atoms with Gasteiger partial charge in [-0.05, 0) is 49.2 Å². The summed E-state index contributed by atoms with van der Waals surface area (Å²) < 4.78 is 5.20. The van der Waals surface area contributed by atoms with Crippen molar-refractivity contribution in [1.29, 1.82) is 0 Å². The average molecular weight is 378 g/mol. The minimum atomic E-state index is -0.0890. The Morgan fingerprint density at radius 1 is 1.11 bits per heavy atom. The van der Waals surface area contributed by atoms with Crippen molar-refractivity contribution in [3.63, 3.8) is 0 Å². The maximum atomic E-state index is 12.4. The summed E-state index contributed by atoms with van der Waals surface area (Å²) in [5.41, 5.74) is 3.34. The van der Waals surface area contributed by atoms with E-state index < -0.39 is 0 Å². The fourth-order valence-corrected chi connectivity index (χ4v) is 3.35. The van der Waals surface area contributed by atoms with Gasteiger partial charge >= 0.3 is 0 Å². The van der Waals surface area contributed by atoms with Crippen molar-refractivity contribution in [2.45, 2.75) is 13.8 Å². The normalized spacial score (nSPS) is 14.2. The van der Waals surface area contributed by atoms with Crippen LogP contribution >= 0.6 is 0 Å². The van der Waals surface area contributed by atoms with E-state index in [1.807, 2.05) is 4.90 Å². The molecule has 0 radical (unpaired) electrons. The highest BCUT2D eigenvalue weighted by molar-refractivity contribution is 5.91. The van der Waals surface area contributed by atoms with Gasteiger partial charge in [-0.2, -0.15) is 10.1 Å². The molecule has 0 spiro atoms. The molecule has 1 amide bonds. The SMILES string of the molecule is Cc1cc(C)cc(Nc2cnnc(N3CCN(C(=O)c4ccco4)CC3)n2)c1. The summed E-state index contributed by atoms with van der Waals surface area (Å²) in [7, 11) is 0. The molecular formula is C20H22N6O2. The molecule has 0 atom stereocenters. The van der Waals surface area contributed by atoms with Crippen LogP contribution in [0.3, 0.4) is 0 Å². The third kappa shape index (κ3) is 3.95. The molecule has 0 bridgehead atoms. The van der Waals surface area contributed by atoms with Crippen molar-refractivity contribution >= 4 is 23.4 Å². The molecule has 3 heterocycles. The number of anilines is 3. The van der Waals surface area contributed by atoms with Crippen LogP contribution in [-0.4, -0.2) is 52.2 Å². The van der Waals surface area contributed by atoms with Crippen molar-refractivity contribution in [3.8, 4) is 0 Å². The van der Waals surface area contributed by atoms with Gasteiger partial charge in [0.1, 0.15) is 0 Å². The lowest BCUT2D eigenvalue weighted by Gasteiger charge is -2.34. The summed E-state index contributed by atoms with van der Waals surface area (Å²) in [5.74, 6) is 1.48. The van der Waals surface area contributed by atoms with Gasteiger partial charge < -0.3 is 19.5 Å². The molecule has 8 nitrogen and oxygen atoms in total. The van der Waals surface area contributed by atoms with Crippen LogP contribution in [0.1, 0.15) is 21.7 Å². The first-order valence-electron chi connectivity index (χ1n) is 9.21. The standard InChI is InChI=1S/C20H22N6O2/c1-14-10-15(2)12-16(11-14)22-18-13-21-24-20(23-18)26-7-5-25(6-8-26)19(27)17-4-3-9-28-17/h3-4,9-13H,5-8H2,1-2H3,(H,22,23,24). The monoisotopic (exact) mass is 378 g/mol. The second-order valence-corrected chi connectivity index (χ2v) is 6.90. The lowest BCUT2D eigenvalue weighted by atomic mass is 10.1. The Hall–Kier alpha value is -3.42. The van der Waals surface area contributed by atoms with Gasteiger partial charge in [0.15, 0.2) is 11.6 Å². The van der Waals surface area contributed by atoms with E-state index in [9.17, 15) is 4.79 Å². The Morgan fingerprint density at radius 2 is 1.86 bits per heavy atom. The highest BCUT2D eigenvalue weighted by Gasteiger charge is 2.25. The minimum absolute atomic E-state index is 0.0890. The van der Waals surface area contributed by atoms with Crippen LogP contribution in [-0.2, 0) is 0 Å². The molecule has 0 saturated carbocycles. The van der Waals surface area contributed by atoms with Gasteiger partial charge in [0.2, 0.25) is 5.95 Å². The molecule has 1 aromatic carbocycles. The lowest BCUT2D eigenvalue weighted by molar-refractivity contribution is 0.0714. The third-order valence-corrected chi connectivity index (χ3v) is 4.62. The van der Waals surface area contributed by atoms with Crippen LogP contribution in [0, 0.1) is 13.8 Å². The maximum Gasteiger partial charge on any atom is 0.289 e. The molecular weight excluding hydrogens is 356 g/mol. The van der Waals surface area contributed by atoms with E-state index in [0.29, 0.717) is 43.7 Å². The predicted molar refractivity (Wildman–Crippen MR) is 106 cm³/mol. The maximum absolute atomic E-state index is 12.4. The summed E-state index contributed by atoms with van der Waals surface area (Å²) in [4.78, 5) is 20.8. The van der Waals surface area contributed by atoms with Gasteiger partial charge in [-0.15, -0.1) is 5.10 Å². The van der Waals surface area contributed by atoms with E-state index in [1.54, 1.807) is 23.2 Å². The third-order valence-electron chi connectivity index (χ3n) is 4.62. The number of piperazine rings is 1. The number of aryl methyl sites for hydroxylation is 2. The number of nitrogens with one attached hydrogen (secondary N) is 1. The van der Waals surface area contributed by atoms with Crippen molar-refractivity contribution in [2.75, 3.05) is 36.4 Å². The second kappa shape index (κ2) is 7.67. The Bertz CT molecular complexity index is 944. The topological polar surface area (TPSA) is 87.4 Å². The molecule has 0 unspecified atom stereocenters. The van der Waals surface area contributed by atoms with E-state index in [0.717, 1.165) is 5.69 Å². The molecule has 3 aromatic rings. The first kappa shape index (κ1) is 18.0. The number of amides is 1. The Balaban J connectivity index is 1.42. The first-order valence-corrected chi connectivity index (χ1v) is 9.21. The molecule has 1 saturated heterocycles. The number of hydrogen-bond acceptors (Lipinski definition) is 7. The summed E-state index contributed by atoms with van der Waals surface area (Å²) in [6.45, 7) is 6.56. The van der Waals surface area contributed by atoms with Crippen LogP contribution in [0.15, 0.2) is 47.2 Å². The van der Waals surface area contributed by atoms with E-state index in [2.05, 4.69) is 52.5 Å². The van der Waals surface area contributed by atoms with Gasteiger partial charge in [0.05, 0.1) is 12.5 Å². The molecule has 0 aliphatic carbocycles. The Kier molecular flexibility index (Phi) is 4.92. The Labute approximate surface area is 163 Å². The molecule has 1 N–H and O–H groups in total.